The second kappa shape index (κ2) is 8.45. The minimum Gasteiger partial charge on any atom is -0.455 e. The van der Waals surface area contributed by atoms with Crippen molar-refractivity contribution in [2.45, 2.75) is 19.3 Å². The van der Waals surface area contributed by atoms with Gasteiger partial charge in [0.15, 0.2) is 0 Å². The van der Waals surface area contributed by atoms with Crippen LogP contribution in [0.1, 0.15) is 33.4 Å². The molecule has 0 atom stereocenters. The molecule has 212 valence electrons. The average Bonchev–Trinajstić information content (AvgIpc) is 3.66. The molecule has 2 aromatic heterocycles. The molecule has 0 radical (unpaired) electrons. The predicted molar refractivity (Wildman–Crippen MR) is 181 cm³/mol. The van der Waals surface area contributed by atoms with Crippen LogP contribution in [0.3, 0.4) is 0 Å². The largest absolute Gasteiger partial charge is 0.455 e. The Kier molecular flexibility index (Phi) is 4.78. The first kappa shape index (κ1) is 24.9. The molecule has 1 aliphatic rings. The summed E-state index contributed by atoms with van der Waals surface area (Å²) in [7, 11) is 0. The summed E-state index contributed by atoms with van der Waals surface area (Å²) in [6, 6.07) is 35.1. The molecule has 5 nitrogen and oxygen atoms in total. The van der Waals surface area contributed by atoms with Crippen LogP contribution in [-0.2, 0) is 5.41 Å². The van der Waals surface area contributed by atoms with Gasteiger partial charge in [-0.15, -0.1) is 0 Å². The quantitative estimate of drug-likeness (QED) is 0.179. The van der Waals surface area contributed by atoms with Gasteiger partial charge in [-0.1, -0.05) is 54.6 Å². The zero-order chi connectivity index (χ0) is 29.9. The van der Waals surface area contributed by atoms with E-state index in [-0.39, 0.29) is 0 Å². The Bertz CT molecular complexity index is 2470. The van der Waals surface area contributed by atoms with Crippen molar-refractivity contribution in [2.24, 2.45) is 0 Å². The van der Waals surface area contributed by atoms with Crippen LogP contribution in [0.15, 0.2) is 112 Å². The summed E-state index contributed by atoms with van der Waals surface area (Å²) >= 11 is 0. The van der Waals surface area contributed by atoms with Gasteiger partial charge in [0.25, 0.3) is 0 Å². The van der Waals surface area contributed by atoms with Crippen LogP contribution in [-0.4, -0.2) is 0 Å². The molecule has 8 aromatic rings. The van der Waals surface area contributed by atoms with Gasteiger partial charge in [0, 0.05) is 49.7 Å². The Hall–Kier alpha value is -5.68. The third-order valence-corrected chi connectivity index (χ3v) is 9.51. The SMILES string of the molecule is Cc1cc2c(c3oc4ccccc4c13)-c1c(cc(C)c3c1oc1ccc(N)cc13)C2(c1cccc(N)c1)c1cccc(N)c1. The lowest BCUT2D eigenvalue weighted by Gasteiger charge is -2.34. The zero-order valence-electron chi connectivity index (χ0n) is 24.4. The number of hydrogen-bond acceptors (Lipinski definition) is 5. The zero-order valence-corrected chi connectivity index (χ0v) is 24.4. The molecule has 0 aliphatic heterocycles. The van der Waals surface area contributed by atoms with Crippen molar-refractivity contribution in [3.05, 3.63) is 137 Å². The topological polar surface area (TPSA) is 104 Å². The number of benzene rings is 6. The van der Waals surface area contributed by atoms with Crippen molar-refractivity contribution in [2.75, 3.05) is 17.2 Å². The molecular formula is C39H29N3O2. The number of fused-ring (bicyclic) bond motifs is 11. The van der Waals surface area contributed by atoms with Gasteiger partial charge in [-0.05, 0) is 95.8 Å². The maximum Gasteiger partial charge on any atom is 0.143 e. The summed E-state index contributed by atoms with van der Waals surface area (Å²) < 4.78 is 13.6. The molecule has 0 amide bonds. The van der Waals surface area contributed by atoms with E-state index in [1.165, 1.54) is 0 Å². The third-order valence-electron chi connectivity index (χ3n) is 9.51. The minimum absolute atomic E-state index is 0.694. The highest BCUT2D eigenvalue weighted by atomic mass is 16.3. The summed E-state index contributed by atoms with van der Waals surface area (Å²) in [4.78, 5) is 0. The standard InChI is InChI=1S/C39H29N3O2/c1-20-15-29-35(37-33(20)27-11-3-4-12-31(27)43-37)36-30(16-21(2)34-28-19-26(42)13-14-32(28)44-38(34)36)39(29,22-7-5-9-24(40)17-22)23-8-6-10-25(41)18-23/h3-19H,40-42H2,1-2H3. The van der Waals surface area contributed by atoms with E-state index >= 15 is 0 Å². The van der Waals surface area contributed by atoms with E-state index < -0.39 is 5.41 Å². The highest BCUT2D eigenvalue weighted by Gasteiger charge is 2.49. The number of rotatable bonds is 2. The Balaban J connectivity index is 1.59. The smallest absolute Gasteiger partial charge is 0.143 e. The van der Waals surface area contributed by atoms with Crippen LogP contribution >= 0.6 is 0 Å². The van der Waals surface area contributed by atoms with Crippen molar-refractivity contribution in [1.29, 1.82) is 0 Å². The van der Waals surface area contributed by atoms with Gasteiger partial charge >= 0.3 is 0 Å². The Morgan fingerprint density at radius 2 is 1.02 bits per heavy atom. The van der Waals surface area contributed by atoms with Crippen LogP contribution in [0.2, 0.25) is 0 Å². The van der Waals surface area contributed by atoms with Gasteiger partial charge in [-0.3, -0.25) is 0 Å². The van der Waals surface area contributed by atoms with Crippen molar-refractivity contribution >= 4 is 60.9 Å². The number of nitrogen functional groups attached to an aromatic ring is 3. The van der Waals surface area contributed by atoms with Gasteiger partial charge in [-0.2, -0.15) is 0 Å². The molecule has 6 aromatic carbocycles. The summed E-state index contributed by atoms with van der Waals surface area (Å²) in [5, 5.41) is 4.25. The molecule has 0 spiro atoms. The lowest BCUT2D eigenvalue weighted by atomic mass is 9.67. The molecule has 0 fully saturated rings. The normalized spacial score (nSPS) is 13.7. The second-order valence-corrected chi connectivity index (χ2v) is 12.1. The van der Waals surface area contributed by atoms with Gasteiger partial charge in [0.2, 0.25) is 0 Å². The number of nitrogens with two attached hydrogens (primary N) is 3. The van der Waals surface area contributed by atoms with Crippen molar-refractivity contribution in [1.82, 2.24) is 0 Å². The van der Waals surface area contributed by atoms with E-state index in [1.807, 2.05) is 54.6 Å². The monoisotopic (exact) mass is 571 g/mol. The Morgan fingerprint density at radius 3 is 1.61 bits per heavy atom. The minimum atomic E-state index is -0.746. The molecule has 6 N–H and O–H groups in total. The molecule has 0 bridgehead atoms. The molecule has 9 rings (SSSR count). The van der Waals surface area contributed by atoms with E-state index in [1.54, 1.807) is 0 Å². The first-order valence-corrected chi connectivity index (χ1v) is 14.8. The van der Waals surface area contributed by atoms with E-state index in [9.17, 15) is 0 Å². The molecule has 2 heterocycles. The van der Waals surface area contributed by atoms with Crippen molar-refractivity contribution in [3.8, 4) is 11.1 Å². The van der Waals surface area contributed by atoms with E-state index in [4.69, 9.17) is 26.0 Å². The Labute approximate surface area is 253 Å². The number of hydrogen-bond donors (Lipinski definition) is 3. The van der Waals surface area contributed by atoms with Crippen LogP contribution in [0, 0.1) is 13.8 Å². The molecule has 44 heavy (non-hydrogen) atoms. The fourth-order valence-corrected chi connectivity index (χ4v) is 7.83. The van der Waals surface area contributed by atoms with Gasteiger partial charge in [0.05, 0.1) is 5.41 Å². The molecule has 0 saturated heterocycles. The second-order valence-electron chi connectivity index (χ2n) is 12.1. The summed E-state index contributed by atoms with van der Waals surface area (Å²) in [6.45, 7) is 4.32. The van der Waals surface area contributed by atoms with Gasteiger partial charge < -0.3 is 26.0 Å². The maximum absolute atomic E-state index is 6.81. The lowest BCUT2D eigenvalue weighted by Crippen LogP contribution is -2.29. The lowest BCUT2D eigenvalue weighted by molar-refractivity contribution is 0.665. The van der Waals surface area contributed by atoms with Crippen molar-refractivity contribution in [3.63, 3.8) is 0 Å². The average molecular weight is 572 g/mol. The summed E-state index contributed by atoms with van der Waals surface area (Å²) in [6.07, 6.45) is 0. The van der Waals surface area contributed by atoms with Crippen LogP contribution in [0.25, 0.3) is 55.0 Å². The summed E-state index contributed by atoms with van der Waals surface area (Å²) in [5.74, 6) is 0. The molecular weight excluding hydrogens is 542 g/mol. The number of para-hydroxylation sites is 1. The van der Waals surface area contributed by atoms with Gasteiger partial charge in [0.1, 0.15) is 22.3 Å². The fourth-order valence-electron chi connectivity index (χ4n) is 7.83. The third kappa shape index (κ3) is 3.03. The van der Waals surface area contributed by atoms with E-state index in [2.05, 4.69) is 62.4 Å². The predicted octanol–water partition coefficient (Wildman–Crippen LogP) is 9.21. The molecule has 0 unspecified atom stereocenters. The number of anilines is 3. The number of aryl methyl sites for hydroxylation is 2. The van der Waals surface area contributed by atoms with Crippen LogP contribution in [0.4, 0.5) is 17.1 Å². The van der Waals surface area contributed by atoms with Crippen molar-refractivity contribution < 1.29 is 8.83 Å². The first-order valence-electron chi connectivity index (χ1n) is 14.8. The number of furan rings is 2. The van der Waals surface area contributed by atoms with E-state index in [0.717, 1.165) is 88.4 Å². The fraction of sp³-hybridized carbons (Fsp3) is 0.0769. The molecule has 5 heteroatoms. The van der Waals surface area contributed by atoms with Crippen LogP contribution < -0.4 is 17.2 Å². The van der Waals surface area contributed by atoms with Gasteiger partial charge in [-0.25, -0.2) is 0 Å². The highest BCUT2D eigenvalue weighted by Crippen LogP contribution is 2.61. The summed E-state index contributed by atoms with van der Waals surface area (Å²) in [5.41, 5.74) is 32.6. The molecule has 0 saturated carbocycles. The maximum atomic E-state index is 6.81. The van der Waals surface area contributed by atoms with Crippen LogP contribution in [0.5, 0.6) is 0 Å². The first-order chi connectivity index (χ1) is 21.4. The Morgan fingerprint density at radius 1 is 0.500 bits per heavy atom. The molecule has 1 aliphatic carbocycles. The highest BCUT2D eigenvalue weighted by molar-refractivity contribution is 6.20. The van der Waals surface area contributed by atoms with E-state index in [0.29, 0.717) is 17.1 Å².